The summed E-state index contributed by atoms with van der Waals surface area (Å²) in [6.07, 6.45) is 0. The standard InChI is InChI=1S/C23H17ClN2O2S/c1-14(2)23(27)28-21(17-10-6-7-11-19(17)24)18(12-25)22-26-20(13-29-22)16-9-5-4-8-15(16)3/h4-11,13H,1H2,2-3H3. The number of nitrogens with zero attached hydrogens (tertiary/aromatic N) is 2. The van der Waals surface area contributed by atoms with E-state index in [1.165, 1.54) is 18.3 Å². The number of halogens is 1. The molecule has 1 aromatic heterocycles. The Hall–Kier alpha value is -3.20. The summed E-state index contributed by atoms with van der Waals surface area (Å²) in [5.74, 6) is -0.569. The molecule has 0 aliphatic heterocycles. The van der Waals surface area contributed by atoms with Crippen molar-refractivity contribution in [2.75, 3.05) is 0 Å². The third kappa shape index (κ3) is 4.45. The van der Waals surface area contributed by atoms with Gasteiger partial charge >= 0.3 is 5.97 Å². The van der Waals surface area contributed by atoms with Gasteiger partial charge in [-0.15, -0.1) is 11.3 Å². The van der Waals surface area contributed by atoms with Crippen molar-refractivity contribution in [3.8, 4) is 17.3 Å². The fraction of sp³-hybridized carbons (Fsp3) is 0.0870. The molecule has 0 N–H and O–H groups in total. The molecular weight excluding hydrogens is 404 g/mol. The molecule has 29 heavy (non-hydrogen) atoms. The van der Waals surface area contributed by atoms with Crippen LogP contribution >= 0.6 is 22.9 Å². The van der Waals surface area contributed by atoms with Crippen LogP contribution in [0.2, 0.25) is 5.02 Å². The SMILES string of the molecule is C=C(C)C(=O)OC(=C(C#N)c1nc(-c2ccccc2C)cs1)c1ccccc1Cl. The van der Waals surface area contributed by atoms with Crippen LogP contribution in [0.3, 0.4) is 0 Å². The smallest absolute Gasteiger partial charge is 0.338 e. The van der Waals surface area contributed by atoms with Crippen LogP contribution in [0.4, 0.5) is 0 Å². The van der Waals surface area contributed by atoms with Gasteiger partial charge in [0.2, 0.25) is 0 Å². The van der Waals surface area contributed by atoms with Gasteiger partial charge in [-0.3, -0.25) is 0 Å². The molecule has 0 unspecified atom stereocenters. The van der Waals surface area contributed by atoms with E-state index in [4.69, 9.17) is 16.3 Å². The number of aryl methyl sites for hydroxylation is 1. The largest absolute Gasteiger partial charge is 0.421 e. The number of hydrogen-bond acceptors (Lipinski definition) is 5. The molecule has 4 nitrogen and oxygen atoms in total. The molecule has 6 heteroatoms. The number of carbonyl (C=O) groups excluding carboxylic acids is 1. The average Bonchev–Trinajstić information content (AvgIpc) is 3.18. The number of allylic oxidation sites excluding steroid dienone is 1. The number of aromatic nitrogens is 1. The number of ether oxygens (including phenoxy) is 1. The summed E-state index contributed by atoms with van der Waals surface area (Å²) in [4.78, 5) is 16.9. The molecule has 144 valence electrons. The van der Waals surface area contributed by atoms with Gasteiger partial charge in [-0.1, -0.05) is 54.6 Å². The van der Waals surface area contributed by atoms with Crippen molar-refractivity contribution in [3.63, 3.8) is 0 Å². The van der Waals surface area contributed by atoms with Gasteiger partial charge in [0.1, 0.15) is 16.6 Å². The van der Waals surface area contributed by atoms with Gasteiger partial charge in [0.25, 0.3) is 0 Å². The lowest BCUT2D eigenvalue weighted by Gasteiger charge is -2.12. The Bertz CT molecular complexity index is 1170. The van der Waals surface area contributed by atoms with E-state index >= 15 is 0 Å². The van der Waals surface area contributed by atoms with Crippen molar-refractivity contribution in [1.29, 1.82) is 5.26 Å². The quantitative estimate of drug-likeness (QED) is 0.211. The maximum Gasteiger partial charge on any atom is 0.338 e. The monoisotopic (exact) mass is 420 g/mol. The highest BCUT2D eigenvalue weighted by atomic mass is 35.5. The molecule has 2 aromatic carbocycles. The minimum Gasteiger partial charge on any atom is -0.421 e. The summed E-state index contributed by atoms with van der Waals surface area (Å²) >= 11 is 7.62. The first-order valence-corrected chi connectivity index (χ1v) is 9.97. The number of thiazole rings is 1. The van der Waals surface area contributed by atoms with Gasteiger partial charge in [-0.05, 0) is 31.5 Å². The van der Waals surface area contributed by atoms with Crippen LogP contribution < -0.4 is 0 Å². The second-order valence-electron chi connectivity index (χ2n) is 6.32. The lowest BCUT2D eigenvalue weighted by Crippen LogP contribution is -2.06. The third-order valence-electron chi connectivity index (χ3n) is 4.14. The zero-order chi connectivity index (χ0) is 21.0. The fourth-order valence-electron chi connectivity index (χ4n) is 2.63. The number of esters is 1. The summed E-state index contributed by atoms with van der Waals surface area (Å²) in [7, 11) is 0. The molecule has 1 heterocycles. The molecule has 0 fully saturated rings. The highest BCUT2D eigenvalue weighted by Crippen LogP contribution is 2.35. The zero-order valence-corrected chi connectivity index (χ0v) is 17.5. The molecular formula is C23H17ClN2O2S. The first kappa shape index (κ1) is 20.5. The van der Waals surface area contributed by atoms with Gasteiger partial charge in [0.05, 0.1) is 10.7 Å². The number of carbonyl (C=O) groups is 1. The molecule has 0 aliphatic carbocycles. The van der Waals surface area contributed by atoms with Gasteiger partial charge in [0.15, 0.2) is 5.76 Å². The number of hydrogen-bond donors (Lipinski definition) is 0. The van der Waals surface area contributed by atoms with E-state index in [-0.39, 0.29) is 16.9 Å². The zero-order valence-electron chi connectivity index (χ0n) is 15.9. The molecule has 0 amide bonds. The van der Waals surface area contributed by atoms with Crippen LogP contribution in [0, 0.1) is 18.3 Å². The normalized spacial score (nSPS) is 11.4. The number of nitriles is 1. The summed E-state index contributed by atoms with van der Waals surface area (Å²) in [6, 6.07) is 16.9. The van der Waals surface area contributed by atoms with Gasteiger partial charge in [0, 0.05) is 22.1 Å². The van der Waals surface area contributed by atoms with E-state index in [1.54, 1.807) is 24.3 Å². The van der Waals surface area contributed by atoms with Crippen LogP contribution in [0.5, 0.6) is 0 Å². The van der Waals surface area contributed by atoms with Crippen LogP contribution in [0.15, 0.2) is 66.1 Å². The van der Waals surface area contributed by atoms with Crippen molar-refractivity contribution in [3.05, 3.63) is 87.2 Å². The Labute approximate surface area is 178 Å². The Morgan fingerprint density at radius 1 is 1.21 bits per heavy atom. The van der Waals surface area contributed by atoms with Crippen LogP contribution in [0.25, 0.3) is 22.6 Å². The molecule has 0 bridgehead atoms. The lowest BCUT2D eigenvalue weighted by atomic mass is 10.1. The Morgan fingerprint density at radius 2 is 1.90 bits per heavy atom. The maximum absolute atomic E-state index is 12.2. The van der Waals surface area contributed by atoms with Crippen LogP contribution in [0.1, 0.15) is 23.1 Å². The molecule has 3 rings (SSSR count). The predicted octanol–water partition coefficient (Wildman–Crippen LogP) is 6.28. The number of rotatable bonds is 5. The minimum absolute atomic E-state index is 0.0665. The van der Waals surface area contributed by atoms with Crippen molar-refractivity contribution < 1.29 is 9.53 Å². The summed E-state index contributed by atoms with van der Waals surface area (Å²) in [5, 5.41) is 12.6. The minimum atomic E-state index is -0.636. The topological polar surface area (TPSA) is 63.0 Å². The molecule has 0 saturated carbocycles. The maximum atomic E-state index is 12.2. The average molecular weight is 421 g/mol. The van der Waals surface area contributed by atoms with Gasteiger partial charge < -0.3 is 4.74 Å². The summed E-state index contributed by atoms with van der Waals surface area (Å²) < 4.78 is 5.53. The Kier molecular flexibility index (Phi) is 6.28. The van der Waals surface area contributed by atoms with Gasteiger partial charge in [-0.2, -0.15) is 5.26 Å². The van der Waals surface area contributed by atoms with Crippen molar-refractivity contribution in [2.45, 2.75) is 13.8 Å². The summed E-state index contributed by atoms with van der Waals surface area (Å²) in [5.41, 5.74) is 3.59. The van der Waals surface area contributed by atoms with E-state index in [9.17, 15) is 10.1 Å². The highest BCUT2D eigenvalue weighted by Gasteiger charge is 2.22. The molecule has 0 aliphatic rings. The molecule has 0 atom stereocenters. The fourth-order valence-corrected chi connectivity index (χ4v) is 3.67. The van der Waals surface area contributed by atoms with E-state index in [2.05, 4.69) is 17.6 Å². The first-order chi connectivity index (χ1) is 13.9. The van der Waals surface area contributed by atoms with Crippen LogP contribution in [-0.2, 0) is 9.53 Å². The second-order valence-corrected chi connectivity index (χ2v) is 7.58. The highest BCUT2D eigenvalue weighted by molar-refractivity contribution is 7.11. The predicted molar refractivity (Wildman–Crippen MR) is 117 cm³/mol. The molecule has 0 saturated heterocycles. The van der Waals surface area contributed by atoms with E-state index in [1.807, 2.05) is 36.6 Å². The van der Waals surface area contributed by atoms with Crippen molar-refractivity contribution in [2.24, 2.45) is 0 Å². The molecule has 0 radical (unpaired) electrons. The van der Waals surface area contributed by atoms with Crippen molar-refractivity contribution in [1.82, 2.24) is 4.98 Å². The molecule has 3 aromatic rings. The van der Waals surface area contributed by atoms with Gasteiger partial charge in [-0.25, -0.2) is 9.78 Å². The number of benzene rings is 2. The first-order valence-electron chi connectivity index (χ1n) is 8.71. The Morgan fingerprint density at radius 3 is 2.55 bits per heavy atom. The second kappa shape index (κ2) is 8.87. The Balaban J connectivity index is 2.17. The van der Waals surface area contributed by atoms with E-state index in [0.29, 0.717) is 15.6 Å². The van der Waals surface area contributed by atoms with E-state index in [0.717, 1.165) is 16.8 Å². The van der Waals surface area contributed by atoms with Crippen LogP contribution in [-0.4, -0.2) is 11.0 Å². The molecule has 0 spiro atoms. The third-order valence-corrected chi connectivity index (χ3v) is 5.33. The van der Waals surface area contributed by atoms with Crippen molar-refractivity contribution >= 4 is 40.2 Å². The summed E-state index contributed by atoms with van der Waals surface area (Å²) in [6.45, 7) is 7.15. The van der Waals surface area contributed by atoms with E-state index < -0.39 is 5.97 Å². The lowest BCUT2D eigenvalue weighted by molar-refractivity contribution is -0.132.